The third-order valence-electron chi connectivity index (χ3n) is 6.25. The lowest BCUT2D eigenvalue weighted by molar-refractivity contribution is -0.138. The number of hydrogen-bond donors (Lipinski definition) is 0. The molecule has 0 atom stereocenters. The van der Waals surface area contributed by atoms with E-state index < -0.39 is 5.97 Å². The molecule has 6 nitrogen and oxygen atoms in total. The molecule has 6 heteroatoms. The monoisotopic (exact) mass is 457 g/mol. The second-order valence-electron chi connectivity index (χ2n) is 8.87. The standard InChI is InChI=1S/C28H31N3O3/c1-20-6-8-23(9-7-20)18-31-22(3)26(21(2)29-31)14-15-27(32)34-19-24-10-12-25(13-11-24)28(33)30-16-4-5-17-30/h6-15H,4-5,16-19H2,1-3H3/b15-14+. The van der Waals surface area contributed by atoms with Crippen molar-refractivity contribution in [1.82, 2.24) is 14.7 Å². The lowest BCUT2D eigenvalue weighted by Gasteiger charge is -2.15. The predicted octanol–water partition coefficient (Wildman–Crippen LogP) is 4.85. The molecule has 3 aromatic rings. The lowest BCUT2D eigenvalue weighted by atomic mass is 10.1. The maximum atomic E-state index is 12.4. The summed E-state index contributed by atoms with van der Waals surface area (Å²) in [6.45, 7) is 8.51. The van der Waals surface area contributed by atoms with Gasteiger partial charge >= 0.3 is 5.97 Å². The Hall–Kier alpha value is -3.67. The van der Waals surface area contributed by atoms with Gasteiger partial charge in [0, 0.05) is 36.0 Å². The van der Waals surface area contributed by atoms with E-state index in [4.69, 9.17) is 4.74 Å². The van der Waals surface area contributed by atoms with E-state index in [2.05, 4.69) is 36.3 Å². The van der Waals surface area contributed by atoms with Crippen molar-refractivity contribution in [3.63, 3.8) is 0 Å². The number of esters is 1. The van der Waals surface area contributed by atoms with Crippen LogP contribution in [0.5, 0.6) is 0 Å². The van der Waals surface area contributed by atoms with Crippen molar-refractivity contribution >= 4 is 18.0 Å². The number of carbonyl (C=O) groups is 2. The van der Waals surface area contributed by atoms with Crippen molar-refractivity contribution < 1.29 is 14.3 Å². The predicted molar refractivity (Wildman–Crippen MR) is 132 cm³/mol. The van der Waals surface area contributed by atoms with Crippen molar-refractivity contribution in [2.45, 2.75) is 46.8 Å². The quantitative estimate of drug-likeness (QED) is 0.376. The van der Waals surface area contributed by atoms with Gasteiger partial charge in [-0.2, -0.15) is 5.10 Å². The van der Waals surface area contributed by atoms with Gasteiger partial charge in [-0.15, -0.1) is 0 Å². The van der Waals surface area contributed by atoms with Crippen LogP contribution in [0, 0.1) is 20.8 Å². The number of nitrogens with zero attached hydrogens (tertiary/aromatic N) is 3. The number of aryl methyl sites for hydroxylation is 2. The van der Waals surface area contributed by atoms with Gasteiger partial charge in [0.2, 0.25) is 0 Å². The highest BCUT2D eigenvalue weighted by molar-refractivity contribution is 5.94. The number of carbonyl (C=O) groups excluding carboxylic acids is 2. The van der Waals surface area contributed by atoms with Gasteiger partial charge in [-0.25, -0.2) is 4.79 Å². The van der Waals surface area contributed by atoms with Gasteiger partial charge in [0.25, 0.3) is 5.91 Å². The van der Waals surface area contributed by atoms with E-state index in [-0.39, 0.29) is 12.5 Å². The summed E-state index contributed by atoms with van der Waals surface area (Å²) in [5, 5.41) is 4.63. The number of aromatic nitrogens is 2. The third kappa shape index (κ3) is 5.63. The molecule has 34 heavy (non-hydrogen) atoms. The Bertz CT molecular complexity index is 1180. The number of amides is 1. The Morgan fingerprint density at radius 1 is 0.941 bits per heavy atom. The fourth-order valence-corrected chi connectivity index (χ4v) is 4.17. The number of benzene rings is 2. The molecule has 0 unspecified atom stereocenters. The fraction of sp³-hybridized carbons (Fsp3) is 0.321. The minimum atomic E-state index is -0.415. The molecular formula is C28H31N3O3. The Labute approximate surface area is 200 Å². The van der Waals surface area contributed by atoms with Gasteiger partial charge in [0.15, 0.2) is 0 Å². The van der Waals surface area contributed by atoms with Crippen molar-refractivity contribution in [1.29, 1.82) is 0 Å². The van der Waals surface area contributed by atoms with Crippen LogP contribution in [0.15, 0.2) is 54.6 Å². The Morgan fingerprint density at radius 3 is 2.26 bits per heavy atom. The molecule has 1 aliphatic rings. The normalized spacial score (nSPS) is 13.6. The first-order valence-corrected chi connectivity index (χ1v) is 11.7. The second kappa shape index (κ2) is 10.5. The van der Waals surface area contributed by atoms with Gasteiger partial charge in [-0.3, -0.25) is 9.48 Å². The number of ether oxygens (including phenoxy) is 1. The summed E-state index contributed by atoms with van der Waals surface area (Å²) in [5.41, 5.74) is 6.72. The average molecular weight is 458 g/mol. The topological polar surface area (TPSA) is 64.4 Å². The van der Waals surface area contributed by atoms with E-state index in [1.165, 1.54) is 17.2 Å². The zero-order valence-electron chi connectivity index (χ0n) is 20.1. The molecule has 1 saturated heterocycles. The summed E-state index contributed by atoms with van der Waals surface area (Å²) in [5.74, 6) is -0.347. The molecule has 0 saturated carbocycles. The summed E-state index contributed by atoms with van der Waals surface area (Å²) >= 11 is 0. The van der Waals surface area contributed by atoms with Crippen LogP contribution in [0.1, 0.15) is 56.8 Å². The minimum Gasteiger partial charge on any atom is -0.458 e. The van der Waals surface area contributed by atoms with E-state index in [0.717, 1.165) is 48.4 Å². The van der Waals surface area contributed by atoms with Gasteiger partial charge in [-0.1, -0.05) is 42.0 Å². The van der Waals surface area contributed by atoms with Crippen molar-refractivity contribution in [3.8, 4) is 0 Å². The summed E-state index contributed by atoms with van der Waals surface area (Å²) < 4.78 is 7.35. The molecular weight excluding hydrogens is 426 g/mol. The summed E-state index contributed by atoms with van der Waals surface area (Å²) in [4.78, 5) is 26.6. The largest absolute Gasteiger partial charge is 0.458 e. The van der Waals surface area contributed by atoms with Crippen molar-refractivity contribution in [3.05, 3.63) is 93.8 Å². The average Bonchev–Trinajstić information content (AvgIpc) is 3.46. The van der Waals surface area contributed by atoms with Gasteiger partial charge in [0.1, 0.15) is 6.61 Å². The van der Waals surface area contributed by atoms with E-state index in [1.54, 1.807) is 18.2 Å². The first-order valence-electron chi connectivity index (χ1n) is 11.7. The van der Waals surface area contributed by atoms with E-state index >= 15 is 0 Å². The smallest absolute Gasteiger partial charge is 0.331 e. The minimum absolute atomic E-state index is 0.0673. The highest BCUT2D eigenvalue weighted by atomic mass is 16.5. The molecule has 1 fully saturated rings. The summed E-state index contributed by atoms with van der Waals surface area (Å²) in [6, 6.07) is 15.7. The SMILES string of the molecule is Cc1ccc(Cn2nc(C)c(/C=C/C(=O)OCc3ccc(C(=O)N4CCCC4)cc3)c2C)cc1. The Morgan fingerprint density at radius 2 is 1.59 bits per heavy atom. The van der Waals surface area contributed by atoms with Gasteiger partial charge < -0.3 is 9.64 Å². The van der Waals surface area contributed by atoms with Crippen molar-refractivity contribution in [2.24, 2.45) is 0 Å². The Balaban J connectivity index is 1.32. The first-order chi connectivity index (χ1) is 16.4. The fourth-order valence-electron chi connectivity index (χ4n) is 4.17. The molecule has 0 N–H and O–H groups in total. The van der Waals surface area contributed by atoms with Crippen LogP contribution >= 0.6 is 0 Å². The molecule has 0 bridgehead atoms. The summed E-state index contributed by atoms with van der Waals surface area (Å²) in [6.07, 6.45) is 5.35. The first kappa shape index (κ1) is 23.5. The molecule has 1 amide bonds. The van der Waals surface area contributed by atoms with Crippen LogP contribution in [0.2, 0.25) is 0 Å². The molecule has 0 spiro atoms. The molecule has 1 aromatic heterocycles. The zero-order chi connectivity index (χ0) is 24.1. The molecule has 1 aliphatic heterocycles. The van der Waals surface area contributed by atoms with Crippen LogP contribution in [0.25, 0.3) is 6.08 Å². The second-order valence-corrected chi connectivity index (χ2v) is 8.87. The molecule has 176 valence electrons. The van der Waals surface area contributed by atoms with E-state index in [0.29, 0.717) is 12.1 Å². The maximum Gasteiger partial charge on any atom is 0.331 e. The molecule has 2 heterocycles. The van der Waals surface area contributed by atoms with Crippen LogP contribution in [-0.4, -0.2) is 39.6 Å². The van der Waals surface area contributed by atoms with Crippen LogP contribution in [-0.2, 0) is 22.7 Å². The Kier molecular flexibility index (Phi) is 7.26. The molecule has 4 rings (SSSR count). The van der Waals surface area contributed by atoms with E-state index in [9.17, 15) is 9.59 Å². The third-order valence-corrected chi connectivity index (χ3v) is 6.25. The van der Waals surface area contributed by atoms with Crippen LogP contribution < -0.4 is 0 Å². The number of hydrogen-bond acceptors (Lipinski definition) is 4. The highest BCUT2D eigenvalue weighted by Gasteiger charge is 2.19. The maximum absolute atomic E-state index is 12.4. The van der Waals surface area contributed by atoms with Crippen molar-refractivity contribution in [2.75, 3.05) is 13.1 Å². The van der Waals surface area contributed by atoms with Crippen LogP contribution in [0.3, 0.4) is 0 Å². The molecule has 0 radical (unpaired) electrons. The van der Waals surface area contributed by atoms with E-state index in [1.807, 2.05) is 35.6 Å². The zero-order valence-corrected chi connectivity index (χ0v) is 20.1. The molecule has 2 aromatic carbocycles. The van der Waals surface area contributed by atoms with Gasteiger partial charge in [0.05, 0.1) is 12.2 Å². The van der Waals surface area contributed by atoms with Crippen LogP contribution in [0.4, 0.5) is 0 Å². The number of rotatable bonds is 7. The number of likely N-dealkylation sites (tertiary alicyclic amines) is 1. The lowest BCUT2D eigenvalue weighted by Crippen LogP contribution is -2.27. The van der Waals surface area contributed by atoms with Gasteiger partial charge in [-0.05, 0) is 62.9 Å². The molecule has 0 aliphatic carbocycles. The summed E-state index contributed by atoms with van der Waals surface area (Å²) in [7, 11) is 0. The highest BCUT2D eigenvalue weighted by Crippen LogP contribution is 2.17.